The summed E-state index contributed by atoms with van der Waals surface area (Å²) in [6.45, 7) is 1.91. The molecule has 0 atom stereocenters. The van der Waals surface area contributed by atoms with Crippen molar-refractivity contribution in [3.63, 3.8) is 0 Å². The molecule has 1 aliphatic rings. The summed E-state index contributed by atoms with van der Waals surface area (Å²) in [6.07, 6.45) is 4.25. The van der Waals surface area contributed by atoms with E-state index < -0.39 is 0 Å². The van der Waals surface area contributed by atoms with Crippen molar-refractivity contribution in [2.24, 2.45) is 0 Å². The standard InChI is InChI=1S/C12H11N5O/c1-7-14-15-10-6-9(4-5-17(7)10)12-13-11(16-18-12)8-2-3-8/h4-6,8H,2-3H2,1H3. The summed E-state index contributed by atoms with van der Waals surface area (Å²) in [5.41, 5.74) is 1.67. The van der Waals surface area contributed by atoms with Crippen LogP contribution < -0.4 is 0 Å². The van der Waals surface area contributed by atoms with Crippen LogP contribution in [0.5, 0.6) is 0 Å². The van der Waals surface area contributed by atoms with E-state index in [1.54, 1.807) is 0 Å². The molecule has 4 rings (SSSR count). The molecule has 0 amide bonds. The van der Waals surface area contributed by atoms with Crippen LogP contribution in [-0.4, -0.2) is 24.7 Å². The van der Waals surface area contributed by atoms with Crippen LogP contribution in [0.1, 0.15) is 30.4 Å². The lowest BCUT2D eigenvalue weighted by molar-refractivity contribution is 0.422. The number of aromatic nitrogens is 5. The molecule has 0 radical (unpaired) electrons. The zero-order valence-electron chi connectivity index (χ0n) is 9.87. The molecular weight excluding hydrogens is 230 g/mol. The van der Waals surface area contributed by atoms with Gasteiger partial charge in [0.1, 0.15) is 5.82 Å². The van der Waals surface area contributed by atoms with Crippen LogP contribution in [0.4, 0.5) is 0 Å². The normalized spacial score (nSPS) is 15.4. The Labute approximate surface area is 103 Å². The van der Waals surface area contributed by atoms with Crippen molar-refractivity contribution in [2.45, 2.75) is 25.7 Å². The number of aryl methyl sites for hydroxylation is 1. The Morgan fingerprint density at radius 1 is 1.33 bits per heavy atom. The summed E-state index contributed by atoms with van der Waals surface area (Å²) in [5, 5.41) is 12.1. The Hall–Kier alpha value is -2.24. The Balaban J connectivity index is 1.80. The molecule has 0 saturated heterocycles. The summed E-state index contributed by atoms with van der Waals surface area (Å²) < 4.78 is 7.21. The lowest BCUT2D eigenvalue weighted by Crippen LogP contribution is -1.88. The number of hydrogen-bond donors (Lipinski definition) is 0. The zero-order chi connectivity index (χ0) is 12.1. The maximum atomic E-state index is 5.29. The summed E-state index contributed by atoms with van der Waals surface area (Å²) >= 11 is 0. The third-order valence-electron chi connectivity index (χ3n) is 3.21. The van der Waals surface area contributed by atoms with Gasteiger partial charge in [0, 0.05) is 17.7 Å². The number of pyridine rings is 1. The second-order valence-electron chi connectivity index (χ2n) is 4.62. The van der Waals surface area contributed by atoms with Crippen molar-refractivity contribution >= 4 is 5.65 Å². The molecule has 6 heteroatoms. The van der Waals surface area contributed by atoms with E-state index in [-0.39, 0.29) is 0 Å². The molecule has 1 saturated carbocycles. The Morgan fingerprint density at radius 2 is 2.22 bits per heavy atom. The average Bonchev–Trinajstić information content (AvgIpc) is 3.01. The fourth-order valence-electron chi connectivity index (χ4n) is 2.00. The molecule has 0 N–H and O–H groups in total. The predicted molar refractivity (Wildman–Crippen MR) is 63.0 cm³/mol. The highest BCUT2D eigenvalue weighted by Crippen LogP contribution is 2.38. The first kappa shape index (κ1) is 9.76. The van der Waals surface area contributed by atoms with Crippen LogP contribution in [0, 0.1) is 6.92 Å². The van der Waals surface area contributed by atoms with Crippen molar-refractivity contribution in [3.05, 3.63) is 30.0 Å². The van der Waals surface area contributed by atoms with Crippen LogP contribution >= 0.6 is 0 Å². The van der Waals surface area contributed by atoms with E-state index in [0.717, 1.165) is 22.9 Å². The molecule has 3 aromatic rings. The van der Waals surface area contributed by atoms with Gasteiger partial charge in [-0.3, -0.25) is 4.40 Å². The minimum Gasteiger partial charge on any atom is -0.334 e. The van der Waals surface area contributed by atoms with E-state index in [0.29, 0.717) is 11.8 Å². The first-order chi connectivity index (χ1) is 8.81. The maximum absolute atomic E-state index is 5.29. The third-order valence-corrected chi connectivity index (χ3v) is 3.21. The maximum Gasteiger partial charge on any atom is 0.258 e. The van der Waals surface area contributed by atoms with Gasteiger partial charge in [0.05, 0.1) is 0 Å². The first-order valence-corrected chi connectivity index (χ1v) is 5.96. The first-order valence-electron chi connectivity index (χ1n) is 5.96. The smallest absolute Gasteiger partial charge is 0.258 e. The summed E-state index contributed by atoms with van der Waals surface area (Å²) in [5.74, 6) is 2.74. The van der Waals surface area contributed by atoms with Gasteiger partial charge in [0.2, 0.25) is 0 Å². The molecule has 0 aliphatic heterocycles. The van der Waals surface area contributed by atoms with Gasteiger partial charge >= 0.3 is 0 Å². The van der Waals surface area contributed by atoms with Gasteiger partial charge in [-0.05, 0) is 31.9 Å². The van der Waals surface area contributed by atoms with Crippen molar-refractivity contribution in [2.75, 3.05) is 0 Å². The molecule has 0 spiro atoms. The van der Waals surface area contributed by atoms with E-state index in [2.05, 4.69) is 20.3 Å². The largest absolute Gasteiger partial charge is 0.334 e. The van der Waals surface area contributed by atoms with Crippen LogP contribution in [0.3, 0.4) is 0 Å². The second kappa shape index (κ2) is 3.38. The Kier molecular flexibility index (Phi) is 1.83. The summed E-state index contributed by atoms with van der Waals surface area (Å²) in [4.78, 5) is 4.42. The molecule has 3 heterocycles. The van der Waals surface area contributed by atoms with Crippen molar-refractivity contribution in [1.29, 1.82) is 0 Å². The summed E-state index contributed by atoms with van der Waals surface area (Å²) in [6, 6.07) is 3.84. The lowest BCUT2D eigenvalue weighted by Gasteiger charge is -1.96. The highest BCUT2D eigenvalue weighted by molar-refractivity contribution is 5.59. The highest BCUT2D eigenvalue weighted by Gasteiger charge is 2.29. The molecule has 0 unspecified atom stereocenters. The van der Waals surface area contributed by atoms with Gasteiger partial charge in [-0.1, -0.05) is 5.16 Å². The van der Waals surface area contributed by atoms with E-state index in [9.17, 15) is 0 Å². The monoisotopic (exact) mass is 241 g/mol. The Morgan fingerprint density at radius 3 is 3.06 bits per heavy atom. The SMILES string of the molecule is Cc1nnc2cc(-c3nc(C4CC4)no3)ccn12. The van der Waals surface area contributed by atoms with Crippen molar-refractivity contribution < 1.29 is 4.52 Å². The van der Waals surface area contributed by atoms with Gasteiger partial charge in [0.15, 0.2) is 11.5 Å². The van der Waals surface area contributed by atoms with Gasteiger partial charge in [-0.15, -0.1) is 10.2 Å². The number of rotatable bonds is 2. The minimum absolute atomic E-state index is 0.501. The quantitative estimate of drug-likeness (QED) is 0.686. The van der Waals surface area contributed by atoms with Crippen LogP contribution in [0.2, 0.25) is 0 Å². The van der Waals surface area contributed by atoms with Gasteiger partial charge in [-0.2, -0.15) is 4.98 Å². The molecule has 3 aromatic heterocycles. The van der Waals surface area contributed by atoms with Gasteiger partial charge in [-0.25, -0.2) is 0 Å². The van der Waals surface area contributed by atoms with Crippen molar-refractivity contribution in [3.8, 4) is 11.5 Å². The zero-order valence-corrected chi connectivity index (χ0v) is 9.87. The highest BCUT2D eigenvalue weighted by atomic mass is 16.5. The number of fused-ring (bicyclic) bond motifs is 1. The van der Waals surface area contributed by atoms with E-state index in [1.807, 2.05) is 29.7 Å². The molecule has 18 heavy (non-hydrogen) atoms. The van der Waals surface area contributed by atoms with Gasteiger partial charge in [0.25, 0.3) is 5.89 Å². The molecule has 1 aliphatic carbocycles. The third kappa shape index (κ3) is 1.42. The van der Waals surface area contributed by atoms with E-state index in [4.69, 9.17) is 4.52 Å². The molecule has 90 valence electrons. The van der Waals surface area contributed by atoms with Crippen LogP contribution in [-0.2, 0) is 0 Å². The van der Waals surface area contributed by atoms with Gasteiger partial charge < -0.3 is 4.52 Å². The number of nitrogens with zero attached hydrogens (tertiary/aromatic N) is 5. The molecule has 0 bridgehead atoms. The fraction of sp³-hybridized carbons (Fsp3) is 0.333. The molecule has 1 fully saturated rings. The fourth-order valence-corrected chi connectivity index (χ4v) is 2.00. The average molecular weight is 241 g/mol. The second-order valence-corrected chi connectivity index (χ2v) is 4.62. The Bertz CT molecular complexity index is 725. The molecule has 0 aromatic carbocycles. The topological polar surface area (TPSA) is 69.1 Å². The van der Waals surface area contributed by atoms with Crippen LogP contribution in [0.15, 0.2) is 22.9 Å². The van der Waals surface area contributed by atoms with Crippen molar-refractivity contribution in [1.82, 2.24) is 24.7 Å². The lowest BCUT2D eigenvalue weighted by atomic mass is 10.2. The predicted octanol–water partition coefficient (Wildman–Crippen LogP) is 1.97. The molecule has 6 nitrogen and oxygen atoms in total. The minimum atomic E-state index is 0.501. The van der Waals surface area contributed by atoms with E-state index in [1.165, 1.54) is 12.8 Å². The van der Waals surface area contributed by atoms with Crippen LogP contribution in [0.25, 0.3) is 17.1 Å². The number of hydrogen-bond acceptors (Lipinski definition) is 5. The van der Waals surface area contributed by atoms with E-state index >= 15 is 0 Å². The summed E-state index contributed by atoms with van der Waals surface area (Å²) in [7, 11) is 0. The molecular formula is C12H11N5O.